The first kappa shape index (κ1) is 15.4. The molecule has 5 nitrogen and oxygen atoms in total. The van der Waals surface area contributed by atoms with Crippen LogP contribution in [0.25, 0.3) is 0 Å². The van der Waals surface area contributed by atoms with Gasteiger partial charge in [-0.1, -0.05) is 19.3 Å². The largest absolute Gasteiger partial charge is 0.493 e. The molecule has 2 rings (SSSR count). The van der Waals surface area contributed by atoms with E-state index in [0.717, 1.165) is 12.8 Å². The highest BCUT2D eigenvalue weighted by atomic mass is 16.5. The van der Waals surface area contributed by atoms with Gasteiger partial charge in [0.1, 0.15) is 5.75 Å². The molecule has 0 unspecified atom stereocenters. The number of aliphatic carboxylic acids is 1. The van der Waals surface area contributed by atoms with Gasteiger partial charge in [0, 0.05) is 11.6 Å². The summed E-state index contributed by atoms with van der Waals surface area (Å²) >= 11 is 0. The number of benzene rings is 1. The van der Waals surface area contributed by atoms with E-state index >= 15 is 0 Å². The Bertz CT molecular complexity index is 478. The van der Waals surface area contributed by atoms with Crippen LogP contribution in [0.1, 0.15) is 48.9 Å². The third-order valence-corrected chi connectivity index (χ3v) is 3.64. The van der Waals surface area contributed by atoms with Crippen LogP contribution >= 0.6 is 0 Å². The van der Waals surface area contributed by atoms with E-state index in [9.17, 15) is 9.59 Å². The average molecular weight is 291 g/mol. The highest BCUT2D eigenvalue weighted by Crippen LogP contribution is 2.18. The first-order valence-electron chi connectivity index (χ1n) is 7.40. The molecule has 0 heterocycles. The van der Waals surface area contributed by atoms with Gasteiger partial charge in [-0.3, -0.25) is 9.59 Å². The summed E-state index contributed by atoms with van der Waals surface area (Å²) in [6, 6.07) is 7.08. The van der Waals surface area contributed by atoms with Crippen molar-refractivity contribution in [2.75, 3.05) is 6.61 Å². The summed E-state index contributed by atoms with van der Waals surface area (Å²) in [5, 5.41) is 11.6. The van der Waals surface area contributed by atoms with Gasteiger partial charge in [-0.2, -0.15) is 0 Å². The summed E-state index contributed by atoms with van der Waals surface area (Å²) in [7, 11) is 0. The van der Waals surface area contributed by atoms with Gasteiger partial charge in [0.05, 0.1) is 13.0 Å². The summed E-state index contributed by atoms with van der Waals surface area (Å²) < 4.78 is 5.29. The number of hydrogen-bond donors (Lipinski definition) is 2. The van der Waals surface area contributed by atoms with Crippen molar-refractivity contribution in [2.45, 2.75) is 44.6 Å². The van der Waals surface area contributed by atoms with Crippen molar-refractivity contribution in [2.24, 2.45) is 0 Å². The molecule has 0 aliphatic heterocycles. The lowest BCUT2D eigenvalue weighted by atomic mass is 9.95. The number of nitrogens with one attached hydrogen (secondary N) is 1. The minimum absolute atomic E-state index is 0.0378. The second kappa shape index (κ2) is 7.67. The molecule has 1 saturated carbocycles. The fourth-order valence-electron chi connectivity index (χ4n) is 2.47. The van der Waals surface area contributed by atoms with Gasteiger partial charge in [0.25, 0.3) is 5.91 Å². The van der Waals surface area contributed by atoms with Gasteiger partial charge in [-0.25, -0.2) is 0 Å². The first-order chi connectivity index (χ1) is 10.1. The second-order valence-electron chi connectivity index (χ2n) is 5.32. The molecule has 0 radical (unpaired) electrons. The van der Waals surface area contributed by atoms with Crippen LogP contribution in [0.3, 0.4) is 0 Å². The van der Waals surface area contributed by atoms with Crippen molar-refractivity contribution in [3.8, 4) is 5.75 Å². The predicted molar refractivity (Wildman–Crippen MR) is 78.5 cm³/mol. The van der Waals surface area contributed by atoms with E-state index < -0.39 is 5.97 Å². The molecule has 0 bridgehead atoms. The predicted octanol–water partition coefficient (Wildman–Crippen LogP) is 2.60. The molecule has 21 heavy (non-hydrogen) atoms. The Morgan fingerprint density at radius 2 is 1.81 bits per heavy atom. The number of amides is 1. The highest BCUT2D eigenvalue weighted by Gasteiger charge is 2.16. The van der Waals surface area contributed by atoms with E-state index in [2.05, 4.69) is 5.32 Å². The van der Waals surface area contributed by atoms with Crippen LogP contribution < -0.4 is 10.1 Å². The number of carbonyl (C=O) groups is 2. The molecule has 1 aromatic rings. The maximum Gasteiger partial charge on any atom is 0.306 e. The maximum atomic E-state index is 12.1. The Labute approximate surface area is 124 Å². The maximum absolute atomic E-state index is 12.1. The lowest BCUT2D eigenvalue weighted by Crippen LogP contribution is -2.36. The molecule has 1 amide bonds. The molecular formula is C16H21NO4. The van der Waals surface area contributed by atoms with Crippen LogP contribution in [0.4, 0.5) is 0 Å². The number of carbonyl (C=O) groups excluding carboxylic acids is 1. The van der Waals surface area contributed by atoms with E-state index in [4.69, 9.17) is 9.84 Å². The van der Waals surface area contributed by atoms with Crippen molar-refractivity contribution in [3.05, 3.63) is 29.8 Å². The number of rotatable bonds is 6. The van der Waals surface area contributed by atoms with Gasteiger partial charge in [0.2, 0.25) is 0 Å². The van der Waals surface area contributed by atoms with Gasteiger partial charge < -0.3 is 15.2 Å². The molecule has 1 aromatic carbocycles. The highest BCUT2D eigenvalue weighted by molar-refractivity contribution is 5.94. The topological polar surface area (TPSA) is 75.6 Å². The Morgan fingerprint density at radius 1 is 1.14 bits per heavy atom. The lowest BCUT2D eigenvalue weighted by Gasteiger charge is -2.22. The summed E-state index contributed by atoms with van der Waals surface area (Å²) in [5.41, 5.74) is 0.603. The van der Waals surface area contributed by atoms with Crippen molar-refractivity contribution >= 4 is 11.9 Å². The summed E-state index contributed by atoms with van der Waals surface area (Å²) in [6.45, 7) is 0.128. The van der Waals surface area contributed by atoms with Crippen LogP contribution in [0, 0.1) is 0 Å². The average Bonchev–Trinajstić information content (AvgIpc) is 2.48. The van der Waals surface area contributed by atoms with Crippen LogP contribution in [0.2, 0.25) is 0 Å². The van der Waals surface area contributed by atoms with Gasteiger partial charge in [0.15, 0.2) is 0 Å². The van der Waals surface area contributed by atoms with Crippen molar-refractivity contribution in [3.63, 3.8) is 0 Å². The molecule has 0 spiro atoms. The third kappa shape index (κ3) is 5.10. The van der Waals surface area contributed by atoms with Gasteiger partial charge in [-0.05, 0) is 37.1 Å². The molecule has 0 aromatic heterocycles. The van der Waals surface area contributed by atoms with Crippen LogP contribution in [-0.2, 0) is 4.79 Å². The Balaban J connectivity index is 1.82. The van der Waals surface area contributed by atoms with E-state index in [1.54, 1.807) is 24.3 Å². The minimum atomic E-state index is -0.890. The van der Waals surface area contributed by atoms with Crippen LogP contribution in [-0.4, -0.2) is 29.6 Å². The molecule has 1 fully saturated rings. The van der Waals surface area contributed by atoms with Crippen molar-refractivity contribution in [1.29, 1.82) is 0 Å². The summed E-state index contributed by atoms with van der Waals surface area (Å²) in [5.74, 6) is -0.372. The quantitative estimate of drug-likeness (QED) is 0.844. The summed E-state index contributed by atoms with van der Waals surface area (Å²) in [4.78, 5) is 22.5. The molecule has 0 atom stereocenters. The molecule has 5 heteroatoms. The van der Waals surface area contributed by atoms with Gasteiger partial charge >= 0.3 is 5.97 Å². The lowest BCUT2D eigenvalue weighted by molar-refractivity contribution is -0.137. The Kier molecular flexibility index (Phi) is 5.60. The molecular weight excluding hydrogens is 270 g/mol. The first-order valence-corrected chi connectivity index (χ1v) is 7.40. The number of carboxylic acid groups (broad SMARTS) is 1. The minimum Gasteiger partial charge on any atom is -0.493 e. The van der Waals surface area contributed by atoms with Crippen molar-refractivity contribution < 1.29 is 19.4 Å². The fourth-order valence-corrected chi connectivity index (χ4v) is 2.47. The fraction of sp³-hybridized carbons (Fsp3) is 0.500. The Hall–Kier alpha value is -2.04. The summed E-state index contributed by atoms with van der Waals surface area (Å²) in [6.07, 6.45) is 5.70. The zero-order valence-corrected chi connectivity index (χ0v) is 12.0. The van der Waals surface area contributed by atoms with Crippen LogP contribution in [0.5, 0.6) is 5.75 Å². The van der Waals surface area contributed by atoms with Crippen LogP contribution in [0.15, 0.2) is 24.3 Å². The smallest absolute Gasteiger partial charge is 0.306 e. The molecule has 2 N–H and O–H groups in total. The number of hydrogen-bond acceptors (Lipinski definition) is 3. The third-order valence-electron chi connectivity index (χ3n) is 3.64. The molecule has 1 aliphatic rings. The van der Waals surface area contributed by atoms with E-state index in [1.807, 2.05) is 0 Å². The van der Waals surface area contributed by atoms with E-state index in [0.29, 0.717) is 11.3 Å². The number of carboxylic acids is 1. The zero-order chi connectivity index (χ0) is 15.1. The monoisotopic (exact) mass is 291 g/mol. The van der Waals surface area contributed by atoms with Gasteiger partial charge in [-0.15, -0.1) is 0 Å². The Morgan fingerprint density at radius 3 is 2.43 bits per heavy atom. The number of ether oxygens (including phenoxy) is 1. The molecule has 1 aliphatic carbocycles. The van der Waals surface area contributed by atoms with E-state index in [-0.39, 0.29) is 25.0 Å². The van der Waals surface area contributed by atoms with Crippen molar-refractivity contribution in [1.82, 2.24) is 5.32 Å². The van der Waals surface area contributed by atoms with E-state index in [1.165, 1.54) is 19.3 Å². The SMILES string of the molecule is O=C(O)CCOc1ccc(C(=O)NC2CCCCC2)cc1. The molecule has 114 valence electrons. The molecule has 0 saturated heterocycles. The second-order valence-corrected chi connectivity index (χ2v) is 5.32. The standard InChI is InChI=1S/C16H21NO4/c18-15(19)10-11-21-14-8-6-12(7-9-14)16(20)17-13-4-2-1-3-5-13/h6-9,13H,1-5,10-11H2,(H,17,20)(H,18,19). The normalized spacial score (nSPS) is 15.4. The zero-order valence-electron chi connectivity index (χ0n) is 12.0.